The van der Waals surface area contributed by atoms with E-state index in [4.69, 9.17) is 4.74 Å². The van der Waals surface area contributed by atoms with Crippen LogP contribution < -0.4 is 4.74 Å². The Morgan fingerprint density at radius 3 is 2.50 bits per heavy atom. The molecular weight excluding hydrogens is 420 g/mol. The van der Waals surface area contributed by atoms with Crippen LogP contribution in [0, 0.1) is 5.92 Å². The summed E-state index contributed by atoms with van der Waals surface area (Å²) < 4.78 is 6.95. The van der Waals surface area contributed by atoms with Gasteiger partial charge in [0.2, 0.25) is 5.91 Å². The van der Waals surface area contributed by atoms with Gasteiger partial charge in [0.15, 0.2) is 0 Å². The van der Waals surface area contributed by atoms with Gasteiger partial charge in [-0.25, -0.2) is 0 Å². The molecule has 1 aliphatic heterocycles. The molecule has 148 valence electrons. The fraction of sp³-hybridized carbons (Fsp3) is 0.364. The Hall–Kier alpha value is -2.34. The number of amides is 2. The van der Waals surface area contributed by atoms with Crippen molar-refractivity contribution in [2.75, 3.05) is 27.2 Å². The quantitative estimate of drug-likeness (QED) is 0.700. The van der Waals surface area contributed by atoms with E-state index >= 15 is 0 Å². The van der Waals surface area contributed by atoms with Crippen LogP contribution in [0.4, 0.5) is 0 Å². The molecule has 0 bridgehead atoms. The van der Waals surface area contributed by atoms with Gasteiger partial charge >= 0.3 is 0 Å². The fourth-order valence-electron chi connectivity index (χ4n) is 3.42. The summed E-state index contributed by atoms with van der Waals surface area (Å²) in [7, 11) is 3.55. The molecule has 6 heteroatoms. The van der Waals surface area contributed by atoms with Crippen LogP contribution in [0.3, 0.4) is 0 Å². The summed E-state index contributed by atoms with van der Waals surface area (Å²) in [4.78, 5) is 28.6. The van der Waals surface area contributed by atoms with Crippen molar-refractivity contribution in [1.82, 2.24) is 9.80 Å². The monoisotopic (exact) mass is 444 g/mol. The van der Waals surface area contributed by atoms with Crippen molar-refractivity contribution in [3.63, 3.8) is 0 Å². The van der Waals surface area contributed by atoms with Crippen LogP contribution in [0.15, 0.2) is 53.0 Å². The molecule has 2 aromatic carbocycles. The van der Waals surface area contributed by atoms with Gasteiger partial charge in [-0.3, -0.25) is 9.59 Å². The van der Waals surface area contributed by atoms with Crippen molar-refractivity contribution in [2.24, 2.45) is 5.92 Å². The molecule has 1 fully saturated rings. The Balaban J connectivity index is 1.65. The number of ether oxygens (including phenoxy) is 1. The standard InChI is InChI=1S/C22H25BrN2O3/c1-24(2)21(26)17-10-12-25(13-11-17)22(27)19-8-3-4-9-20(19)28-15-16-6-5-7-18(23)14-16/h3-9,14,17H,10-13,15H2,1-2H3. The number of rotatable bonds is 5. The van der Waals surface area contributed by atoms with E-state index in [0.29, 0.717) is 43.9 Å². The highest BCUT2D eigenvalue weighted by Crippen LogP contribution is 2.25. The average Bonchev–Trinajstić information content (AvgIpc) is 2.71. The minimum absolute atomic E-state index is 0.00192. The van der Waals surface area contributed by atoms with E-state index < -0.39 is 0 Å². The fourth-order valence-corrected chi connectivity index (χ4v) is 3.87. The molecule has 0 aromatic heterocycles. The van der Waals surface area contributed by atoms with Gasteiger partial charge in [0.25, 0.3) is 5.91 Å². The number of para-hydroxylation sites is 1. The second-order valence-corrected chi connectivity index (χ2v) is 8.13. The Labute approximate surface area is 174 Å². The Morgan fingerprint density at radius 1 is 1.11 bits per heavy atom. The molecule has 0 N–H and O–H groups in total. The maximum absolute atomic E-state index is 13.0. The first-order valence-corrected chi connectivity index (χ1v) is 10.2. The zero-order valence-electron chi connectivity index (χ0n) is 16.2. The molecule has 0 aliphatic carbocycles. The van der Waals surface area contributed by atoms with Crippen LogP contribution in [0.2, 0.25) is 0 Å². The highest BCUT2D eigenvalue weighted by atomic mass is 79.9. The van der Waals surface area contributed by atoms with E-state index in [1.807, 2.05) is 47.4 Å². The Kier molecular flexibility index (Phi) is 6.73. The van der Waals surface area contributed by atoms with Gasteiger partial charge in [-0.05, 0) is 42.7 Å². The predicted octanol–water partition coefficient (Wildman–Crippen LogP) is 3.97. The average molecular weight is 445 g/mol. The Morgan fingerprint density at radius 2 is 1.82 bits per heavy atom. The summed E-state index contributed by atoms with van der Waals surface area (Å²) in [5, 5.41) is 0. The topological polar surface area (TPSA) is 49.9 Å². The Bertz CT molecular complexity index is 845. The normalized spacial score (nSPS) is 14.6. The van der Waals surface area contributed by atoms with Crippen molar-refractivity contribution in [1.29, 1.82) is 0 Å². The summed E-state index contributed by atoms with van der Waals surface area (Å²) >= 11 is 3.46. The summed E-state index contributed by atoms with van der Waals surface area (Å²) in [6, 6.07) is 15.3. The number of likely N-dealkylation sites (tertiary alicyclic amines) is 1. The van der Waals surface area contributed by atoms with Crippen molar-refractivity contribution < 1.29 is 14.3 Å². The van der Waals surface area contributed by atoms with E-state index in [2.05, 4.69) is 15.9 Å². The zero-order chi connectivity index (χ0) is 20.1. The highest BCUT2D eigenvalue weighted by molar-refractivity contribution is 9.10. The SMILES string of the molecule is CN(C)C(=O)C1CCN(C(=O)c2ccccc2OCc2cccc(Br)c2)CC1. The van der Waals surface area contributed by atoms with Gasteiger partial charge in [-0.2, -0.15) is 0 Å². The molecule has 1 saturated heterocycles. The van der Waals surface area contributed by atoms with Gasteiger partial charge in [0, 0.05) is 37.6 Å². The molecule has 5 nitrogen and oxygen atoms in total. The maximum atomic E-state index is 13.0. The largest absolute Gasteiger partial charge is 0.488 e. The lowest BCUT2D eigenvalue weighted by Crippen LogP contribution is -2.42. The van der Waals surface area contributed by atoms with E-state index in [1.165, 1.54) is 0 Å². The molecule has 0 atom stereocenters. The number of nitrogens with zero attached hydrogens (tertiary/aromatic N) is 2. The minimum Gasteiger partial charge on any atom is -0.488 e. The van der Waals surface area contributed by atoms with Crippen LogP contribution in [0.5, 0.6) is 5.75 Å². The number of carbonyl (C=O) groups excluding carboxylic acids is 2. The third-order valence-electron chi connectivity index (χ3n) is 4.97. The van der Waals surface area contributed by atoms with Crippen LogP contribution in [-0.4, -0.2) is 48.8 Å². The molecule has 3 rings (SSSR count). The van der Waals surface area contributed by atoms with E-state index in [1.54, 1.807) is 25.1 Å². The number of hydrogen-bond donors (Lipinski definition) is 0. The van der Waals surface area contributed by atoms with Gasteiger partial charge in [0.1, 0.15) is 12.4 Å². The number of benzene rings is 2. The van der Waals surface area contributed by atoms with Crippen molar-refractivity contribution in [3.05, 3.63) is 64.1 Å². The molecule has 0 spiro atoms. The van der Waals surface area contributed by atoms with Crippen molar-refractivity contribution in [2.45, 2.75) is 19.4 Å². The second-order valence-electron chi connectivity index (χ2n) is 7.21. The first-order valence-electron chi connectivity index (χ1n) is 9.42. The highest BCUT2D eigenvalue weighted by Gasteiger charge is 2.29. The molecule has 0 radical (unpaired) electrons. The molecule has 1 aliphatic rings. The van der Waals surface area contributed by atoms with Crippen LogP contribution in [0.25, 0.3) is 0 Å². The predicted molar refractivity (Wildman–Crippen MR) is 112 cm³/mol. The zero-order valence-corrected chi connectivity index (χ0v) is 17.8. The van der Waals surface area contributed by atoms with Crippen LogP contribution in [0.1, 0.15) is 28.8 Å². The van der Waals surface area contributed by atoms with E-state index in [9.17, 15) is 9.59 Å². The van der Waals surface area contributed by atoms with E-state index in [0.717, 1.165) is 10.0 Å². The lowest BCUT2D eigenvalue weighted by atomic mass is 9.95. The number of hydrogen-bond acceptors (Lipinski definition) is 3. The number of halogens is 1. The molecule has 28 heavy (non-hydrogen) atoms. The van der Waals surface area contributed by atoms with Gasteiger partial charge in [-0.15, -0.1) is 0 Å². The number of carbonyl (C=O) groups is 2. The smallest absolute Gasteiger partial charge is 0.257 e. The minimum atomic E-state index is -0.0411. The third-order valence-corrected chi connectivity index (χ3v) is 5.47. The van der Waals surface area contributed by atoms with Gasteiger partial charge in [-0.1, -0.05) is 40.2 Å². The third kappa shape index (κ3) is 4.93. The lowest BCUT2D eigenvalue weighted by Gasteiger charge is -2.32. The molecule has 0 saturated carbocycles. The van der Waals surface area contributed by atoms with Crippen molar-refractivity contribution in [3.8, 4) is 5.75 Å². The van der Waals surface area contributed by atoms with Gasteiger partial charge in [0.05, 0.1) is 5.56 Å². The first-order chi connectivity index (χ1) is 13.5. The van der Waals surface area contributed by atoms with Gasteiger partial charge < -0.3 is 14.5 Å². The number of piperidine rings is 1. The molecule has 2 amide bonds. The first kappa shape index (κ1) is 20.4. The summed E-state index contributed by atoms with van der Waals surface area (Å²) in [5.41, 5.74) is 1.59. The van der Waals surface area contributed by atoms with E-state index in [-0.39, 0.29) is 17.7 Å². The maximum Gasteiger partial charge on any atom is 0.257 e. The molecular formula is C22H25BrN2O3. The summed E-state index contributed by atoms with van der Waals surface area (Å²) in [6.45, 7) is 1.56. The molecule has 1 heterocycles. The molecule has 0 unspecified atom stereocenters. The second kappa shape index (κ2) is 9.24. The van der Waals surface area contributed by atoms with Crippen LogP contribution in [-0.2, 0) is 11.4 Å². The summed E-state index contributed by atoms with van der Waals surface area (Å²) in [6.07, 6.45) is 1.40. The molecule has 2 aromatic rings. The lowest BCUT2D eigenvalue weighted by molar-refractivity contribution is -0.134. The van der Waals surface area contributed by atoms with Crippen molar-refractivity contribution >= 4 is 27.7 Å². The summed E-state index contributed by atoms with van der Waals surface area (Å²) in [5.74, 6) is 0.687. The van der Waals surface area contributed by atoms with Crippen LogP contribution >= 0.6 is 15.9 Å².